The smallest absolute Gasteiger partial charge is 0.401 e. The van der Waals surface area contributed by atoms with Crippen LogP contribution in [0.4, 0.5) is 0 Å². The maximum atomic E-state index is 5.19. The Hall–Kier alpha value is 0.465. The van der Waals surface area contributed by atoms with E-state index < -0.39 is 0 Å². The molecule has 1 rings (SSSR count). The fourth-order valence-electron chi connectivity index (χ4n) is 0.672. The topological polar surface area (TPSA) is 18.5 Å². The highest BCUT2D eigenvalue weighted by Gasteiger charge is 2.29. The van der Waals surface area contributed by atoms with Crippen molar-refractivity contribution in [1.29, 1.82) is 0 Å². The molecular weight excluding hydrogens is 183 g/mol. The van der Waals surface area contributed by atoms with Crippen molar-refractivity contribution in [2.24, 2.45) is 5.41 Å². The summed E-state index contributed by atoms with van der Waals surface area (Å²) in [4.78, 5) is 0. The van der Waals surface area contributed by atoms with Gasteiger partial charge in [-0.15, -0.1) is 0 Å². The normalized spacial score (nSPS) is 26.3. The summed E-state index contributed by atoms with van der Waals surface area (Å²) < 4.78 is 10.4. The van der Waals surface area contributed by atoms with E-state index in [1.54, 1.807) is 0 Å². The molecule has 0 aliphatic carbocycles. The molecule has 1 heterocycles. The minimum absolute atomic E-state index is 0.185. The zero-order valence-corrected chi connectivity index (χ0v) is 7.27. The van der Waals surface area contributed by atoms with Crippen molar-refractivity contribution in [1.82, 2.24) is 0 Å². The second-order valence-electron chi connectivity index (χ2n) is 3.06. The van der Waals surface area contributed by atoms with E-state index in [4.69, 9.17) is 9.31 Å². The van der Waals surface area contributed by atoms with Crippen molar-refractivity contribution in [3.8, 4) is 0 Å². The van der Waals surface area contributed by atoms with E-state index in [1.165, 1.54) is 0 Å². The summed E-state index contributed by atoms with van der Waals surface area (Å²) in [5.74, 6) is -0.189. The van der Waals surface area contributed by atoms with Crippen LogP contribution in [0.25, 0.3) is 0 Å². The standard InChI is InChI=1S/C5H10BBrO2/c1-5(2)3-8-6(7)9-4-5/h3-4H2,1-2H3. The lowest BCUT2D eigenvalue weighted by molar-refractivity contribution is 0.0397. The van der Waals surface area contributed by atoms with Crippen LogP contribution >= 0.6 is 15.8 Å². The average molecular weight is 193 g/mol. The zero-order valence-electron chi connectivity index (χ0n) is 5.69. The Morgan fingerprint density at radius 2 is 1.78 bits per heavy atom. The van der Waals surface area contributed by atoms with Crippen LogP contribution in [0.1, 0.15) is 13.8 Å². The summed E-state index contributed by atoms with van der Waals surface area (Å²) in [5.41, 5.74) is 0.185. The highest BCUT2D eigenvalue weighted by atomic mass is 79.9. The molecule has 1 saturated heterocycles. The molecule has 0 saturated carbocycles. The molecule has 9 heavy (non-hydrogen) atoms. The van der Waals surface area contributed by atoms with Crippen LogP contribution in [-0.4, -0.2) is 19.2 Å². The van der Waals surface area contributed by atoms with Gasteiger partial charge in [0.1, 0.15) is 0 Å². The summed E-state index contributed by atoms with van der Waals surface area (Å²) >= 11 is 3.20. The van der Waals surface area contributed by atoms with Crippen LogP contribution in [0.2, 0.25) is 0 Å². The lowest BCUT2D eigenvalue weighted by atomic mass is 9.94. The van der Waals surface area contributed by atoms with Crippen LogP contribution in [0.15, 0.2) is 0 Å². The van der Waals surface area contributed by atoms with Gasteiger partial charge in [-0.2, -0.15) is 0 Å². The number of rotatable bonds is 0. The predicted octanol–water partition coefficient (Wildman–Crippen LogP) is 1.44. The van der Waals surface area contributed by atoms with Crippen LogP contribution < -0.4 is 0 Å². The van der Waals surface area contributed by atoms with Crippen molar-refractivity contribution in [2.45, 2.75) is 13.8 Å². The summed E-state index contributed by atoms with van der Waals surface area (Å²) in [6.45, 7) is 5.77. The van der Waals surface area contributed by atoms with Crippen LogP contribution in [-0.2, 0) is 9.31 Å². The lowest BCUT2D eigenvalue weighted by Gasteiger charge is -2.30. The highest BCUT2D eigenvalue weighted by Crippen LogP contribution is 2.22. The molecule has 4 heteroatoms. The van der Waals surface area contributed by atoms with Gasteiger partial charge in [0.25, 0.3) is 0 Å². The molecule has 0 atom stereocenters. The Morgan fingerprint density at radius 3 is 2.11 bits per heavy atom. The molecule has 0 unspecified atom stereocenters. The third kappa shape index (κ3) is 2.28. The monoisotopic (exact) mass is 192 g/mol. The van der Waals surface area contributed by atoms with E-state index >= 15 is 0 Å². The first-order valence-electron chi connectivity index (χ1n) is 2.97. The number of halogens is 1. The lowest BCUT2D eigenvalue weighted by Crippen LogP contribution is -2.37. The Kier molecular flexibility index (Phi) is 2.19. The van der Waals surface area contributed by atoms with Gasteiger partial charge in [0, 0.05) is 18.6 Å². The molecule has 0 N–H and O–H groups in total. The van der Waals surface area contributed by atoms with Gasteiger partial charge in [-0.3, -0.25) is 0 Å². The molecular formula is C5H10BBrO2. The third-order valence-electron chi connectivity index (χ3n) is 1.21. The van der Waals surface area contributed by atoms with E-state index in [-0.39, 0.29) is 11.4 Å². The predicted molar refractivity (Wildman–Crippen MR) is 40.4 cm³/mol. The summed E-state index contributed by atoms with van der Waals surface area (Å²) in [7, 11) is 0. The van der Waals surface area contributed by atoms with E-state index in [0.717, 1.165) is 13.2 Å². The molecule has 0 aromatic rings. The average Bonchev–Trinajstić information content (AvgIpc) is 1.78. The first-order chi connectivity index (χ1) is 4.10. The second-order valence-corrected chi connectivity index (χ2v) is 3.81. The third-order valence-corrected chi connectivity index (χ3v) is 1.74. The van der Waals surface area contributed by atoms with Crippen molar-refractivity contribution >= 4 is 21.7 Å². The Bertz CT molecular complexity index is 97.1. The van der Waals surface area contributed by atoms with E-state index in [9.17, 15) is 0 Å². The summed E-state index contributed by atoms with van der Waals surface area (Å²) in [5, 5.41) is 0. The molecule has 0 aromatic carbocycles. The van der Waals surface area contributed by atoms with Gasteiger partial charge >= 0.3 is 5.94 Å². The Morgan fingerprint density at radius 1 is 1.33 bits per heavy atom. The molecule has 1 fully saturated rings. The van der Waals surface area contributed by atoms with E-state index in [0.29, 0.717) is 0 Å². The molecule has 1 aliphatic heterocycles. The maximum Gasteiger partial charge on any atom is 0.539 e. The van der Waals surface area contributed by atoms with Gasteiger partial charge in [-0.25, -0.2) is 0 Å². The maximum absolute atomic E-state index is 5.19. The molecule has 0 aromatic heterocycles. The van der Waals surface area contributed by atoms with Gasteiger partial charge in [-0.1, -0.05) is 29.6 Å². The van der Waals surface area contributed by atoms with Gasteiger partial charge in [-0.05, 0) is 0 Å². The minimum Gasteiger partial charge on any atom is -0.401 e. The van der Waals surface area contributed by atoms with Crippen molar-refractivity contribution in [3.63, 3.8) is 0 Å². The van der Waals surface area contributed by atoms with Crippen LogP contribution in [0, 0.1) is 5.41 Å². The molecule has 0 radical (unpaired) electrons. The quantitative estimate of drug-likeness (QED) is 0.541. The van der Waals surface area contributed by atoms with Gasteiger partial charge in [0.15, 0.2) is 0 Å². The van der Waals surface area contributed by atoms with Gasteiger partial charge in [0.2, 0.25) is 0 Å². The van der Waals surface area contributed by atoms with E-state index in [1.807, 2.05) is 0 Å². The van der Waals surface area contributed by atoms with Crippen molar-refractivity contribution in [3.05, 3.63) is 0 Å². The van der Waals surface area contributed by atoms with Crippen molar-refractivity contribution in [2.75, 3.05) is 13.2 Å². The van der Waals surface area contributed by atoms with Gasteiger partial charge in [0.05, 0.1) is 0 Å². The highest BCUT2D eigenvalue weighted by molar-refractivity contribution is 9.24. The number of hydrogen-bond donors (Lipinski definition) is 0. The molecule has 52 valence electrons. The van der Waals surface area contributed by atoms with Crippen LogP contribution in [0.3, 0.4) is 0 Å². The molecule has 2 nitrogen and oxygen atoms in total. The molecule has 0 spiro atoms. The fraction of sp³-hybridized carbons (Fsp3) is 1.00. The molecule has 0 bridgehead atoms. The first-order valence-corrected chi connectivity index (χ1v) is 3.89. The minimum atomic E-state index is -0.189. The van der Waals surface area contributed by atoms with Crippen LogP contribution in [0.5, 0.6) is 0 Å². The largest absolute Gasteiger partial charge is 0.539 e. The van der Waals surface area contributed by atoms with Gasteiger partial charge < -0.3 is 9.31 Å². The summed E-state index contributed by atoms with van der Waals surface area (Å²) in [6.07, 6.45) is 0. The van der Waals surface area contributed by atoms with E-state index in [2.05, 4.69) is 29.6 Å². The second kappa shape index (κ2) is 2.60. The fourth-order valence-corrected chi connectivity index (χ4v) is 0.936. The SMILES string of the molecule is CC1(C)COB(Br)OC1. The number of hydrogen-bond acceptors (Lipinski definition) is 2. The summed E-state index contributed by atoms with van der Waals surface area (Å²) in [6, 6.07) is 0. The zero-order chi connectivity index (χ0) is 6.91. The Balaban J connectivity index is 2.35. The molecule has 1 aliphatic rings. The first kappa shape index (κ1) is 7.57. The van der Waals surface area contributed by atoms with Crippen molar-refractivity contribution < 1.29 is 9.31 Å². The molecule has 0 amide bonds. The Labute approximate surface area is 64.0 Å².